The fraction of sp³-hybridized carbons (Fsp3) is 0.222. The van der Waals surface area contributed by atoms with E-state index in [2.05, 4.69) is 10.6 Å². The Labute approximate surface area is 181 Å². The molecule has 0 aliphatic carbocycles. The molecule has 1 amide bonds. The first kappa shape index (κ1) is 21.4. The Hall–Kier alpha value is -3.31. The van der Waals surface area contributed by atoms with Crippen LogP contribution in [0.15, 0.2) is 36.4 Å². The standard InChI is InChI=1S/C18H16ClN5O5S/c19-13-10-12(23(26)27)4-5-14(13)20-18(30)21-17(25)11-3-6-15(16(9-11)24(28)29)22-7-1-2-8-22/h3-6,9-10H,1-2,7-8H2,(H2,20,21,25,30). The highest BCUT2D eigenvalue weighted by Crippen LogP contribution is 2.31. The summed E-state index contributed by atoms with van der Waals surface area (Å²) in [7, 11) is 0. The predicted octanol–water partition coefficient (Wildman–Crippen LogP) is 3.88. The number of nitro benzene ring substituents is 2. The number of amides is 1. The van der Waals surface area contributed by atoms with Gasteiger partial charge in [0, 0.05) is 36.9 Å². The van der Waals surface area contributed by atoms with E-state index in [-0.39, 0.29) is 32.8 Å². The van der Waals surface area contributed by atoms with Gasteiger partial charge in [-0.05, 0) is 43.3 Å². The topological polar surface area (TPSA) is 131 Å². The zero-order valence-electron chi connectivity index (χ0n) is 15.5. The lowest BCUT2D eigenvalue weighted by Gasteiger charge is -2.18. The number of hydrogen-bond donors (Lipinski definition) is 2. The lowest BCUT2D eigenvalue weighted by Crippen LogP contribution is -2.34. The molecule has 156 valence electrons. The van der Waals surface area contributed by atoms with Gasteiger partial charge >= 0.3 is 0 Å². The van der Waals surface area contributed by atoms with Crippen LogP contribution in [0, 0.1) is 20.2 Å². The van der Waals surface area contributed by atoms with E-state index in [0.29, 0.717) is 5.69 Å². The highest BCUT2D eigenvalue weighted by atomic mass is 35.5. The summed E-state index contributed by atoms with van der Waals surface area (Å²) in [5.74, 6) is -0.637. The zero-order valence-corrected chi connectivity index (χ0v) is 17.0. The van der Waals surface area contributed by atoms with Gasteiger partial charge in [0.25, 0.3) is 17.3 Å². The highest BCUT2D eigenvalue weighted by Gasteiger charge is 2.24. The number of nitrogens with zero attached hydrogens (tertiary/aromatic N) is 3. The molecule has 0 unspecified atom stereocenters. The summed E-state index contributed by atoms with van der Waals surface area (Å²) in [5.41, 5.74) is 0.478. The van der Waals surface area contributed by atoms with Crippen molar-refractivity contribution in [2.75, 3.05) is 23.3 Å². The molecular weight excluding hydrogens is 434 g/mol. The summed E-state index contributed by atoms with van der Waals surface area (Å²) in [6.07, 6.45) is 1.93. The molecule has 1 saturated heterocycles. The largest absolute Gasteiger partial charge is 0.366 e. The first-order valence-corrected chi connectivity index (χ1v) is 9.64. The van der Waals surface area contributed by atoms with Crippen molar-refractivity contribution in [3.05, 3.63) is 67.2 Å². The van der Waals surface area contributed by atoms with Crippen molar-refractivity contribution < 1.29 is 14.6 Å². The van der Waals surface area contributed by atoms with Crippen molar-refractivity contribution in [3.8, 4) is 0 Å². The Morgan fingerprint density at radius 1 is 1.07 bits per heavy atom. The minimum absolute atomic E-state index is 0.0476. The number of non-ortho nitro benzene ring substituents is 1. The Bertz CT molecular complexity index is 1040. The zero-order chi connectivity index (χ0) is 21.8. The van der Waals surface area contributed by atoms with Crippen LogP contribution in [0.2, 0.25) is 5.02 Å². The van der Waals surface area contributed by atoms with Crippen molar-refractivity contribution in [2.45, 2.75) is 12.8 Å². The SMILES string of the molecule is O=C(NC(=S)Nc1ccc([N+](=O)[O-])cc1Cl)c1ccc(N2CCCC2)c([N+](=O)[O-])c1. The van der Waals surface area contributed by atoms with E-state index in [1.807, 2.05) is 4.90 Å². The summed E-state index contributed by atoms with van der Waals surface area (Å²) >= 11 is 11.1. The number of rotatable bonds is 5. The molecule has 1 aliphatic heterocycles. The molecular formula is C18H16ClN5O5S. The number of benzene rings is 2. The number of carbonyl (C=O) groups excluding carboxylic acids is 1. The van der Waals surface area contributed by atoms with Crippen LogP contribution >= 0.6 is 23.8 Å². The second kappa shape index (κ2) is 9.01. The van der Waals surface area contributed by atoms with Gasteiger partial charge in [-0.25, -0.2) is 0 Å². The first-order valence-electron chi connectivity index (χ1n) is 8.86. The number of nitrogens with one attached hydrogen (secondary N) is 2. The second-order valence-electron chi connectivity index (χ2n) is 6.48. The minimum atomic E-state index is -0.637. The van der Waals surface area contributed by atoms with Gasteiger partial charge in [0.1, 0.15) is 5.69 Å². The maximum atomic E-state index is 12.5. The van der Waals surface area contributed by atoms with Gasteiger partial charge in [-0.15, -0.1) is 0 Å². The van der Waals surface area contributed by atoms with Crippen LogP contribution in [0.3, 0.4) is 0 Å². The van der Waals surface area contributed by atoms with Gasteiger partial charge in [0.15, 0.2) is 5.11 Å². The van der Waals surface area contributed by atoms with Gasteiger partial charge < -0.3 is 10.2 Å². The summed E-state index contributed by atoms with van der Waals surface area (Å²) in [6.45, 7) is 1.47. The number of carbonyl (C=O) groups is 1. The molecule has 0 spiro atoms. The highest BCUT2D eigenvalue weighted by molar-refractivity contribution is 7.80. The fourth-order valence-electron chi connectivity index (χ4n) is 3.08. The monoisotopic (exact) mass is 449 g/mol. The lowest BCUT2D eigenvalue weighted by molar-refractivity contribution is -0.384. The normalized spacial score (nSPS) is 13.0. The Kier molecular flexibility index (Phi) is 6.43. The Morgan fingerprint density at radius 2 is 1.77 bits per heavy atom. The van der Waals surface area contributed by atoms with E-state index in [1.54, 1.807) is 6.07 Å². The summed E-state index contributed by atoms with van der Waals surface area (Å²) in [4.78, 5) is 35.5. The van der Waals surface area contributed by atoms with Gasteiger partial charge in [-0.3, -0.25) is 30.3 Å². The quantitative estimate of drug-likeness (QED) is 0.399. The Balaban J connectivity index is 1.72. The number of thiocarbonyl (C=S) groups is 1. The first-order chi connectivity index (χ1) is 14.3. The average molecular weight is 450 g/mol. The molecule has 2 N–H and O–H groups in total. The number of hydrogen-bond acceptors (Lipinski definition) is 7. The molecule has 1 heterocycles. The third-order valence-electron chi connectivity index (χ3n) is 4.52. The molecule has 0 radical (unpaired) electrons. The molecule has 0 saturated carbocycles. The van der Waals surface area contributed by atoms with Crippen LogP contribution in [0.25, 0.3) is 0 Å². The summed E-state index contributed by atoms with van der Waals surface area (Å²) in [6, 6.07) is 8.01. The Morgan fingerprint density at radius 3 is 2.37 bits per heavy atom. The van der Waals surface area contributed by atoms with Crippen LogP contribution < -0.4 is 15.5 Å². The van der Waals surface area contributed by atoms with E-state index in [1.165, 1.54) is 24.3 Å². The molecule has 1 fully saturated rings. The van der Waals surface area contributed by atoms with E-state index >= 15 is 0 Å². The van der Waals surface area contributed by atoms with Crippen LogP contribution in [-0.4, -0.2) is 34.0 Å². The minimum Gasteiger partial charge on any atom is -0.366 e. The molecule has 2 aromatic rings. The van der Waals surface area contributed by atoms with E-state index in [0.717, 1.165) is 32.0 Å². The molecule has 30 heavy (non-hydrogen) atoms. The maximum Gasteiger partial charge on any atom is 0.293 e. The van der Waals surface area contributed by atoms with Crippen molar-refractivity contribution in [1.29, 1.82) is 0 Å². The van der Waals surface area contributed by atoms with Crippen molar-refractivity contribution in [1.82, 2.24) is 5.32 Å². The summed E-state index contributed by atoms with van der Waals surface area (Å²) in [5, 5.41) is 27.3. The molecule has 0 aromatic heterocycles. The second-order valence-corrected chi connectivity index (χ2v) is 7.30. The van der Waals surface area contributed by atoms with Gasteiger partial charge in [0.2, 0.25) is 0 Å². The van der Waals surface area contributed by atoms with Gasteiger partial charge in [-0.1, -0.05) is 11.6 Å². The molecule has 0 bridgehead atoms. The molecule has 0 atom stereocenters. The van der Waals surface area contributed by atoms with Crippen LogP contribution in [0.5, 0.6) is 0 Å². The maximum absolute atomic E-state index is 12.5. The number of halogens is 1. The predicted molar refractivity (Wildman–Crippen MR) is 116 cm³/mol. The average Bonchev–Trinajstić information content (AvgIpc) is 3.23. The van der Waals surface area contributed by atoms with E-state index in [9.17, 15) is 25.0 Å². The van der Waals surface area contributed by atoms with E-state index in [4.69, 9.17) is 23.8 Å². The van der Waals surface area contributed by atoms with E-state index < -0.39 is 15.8 Å². The fourth-order valence-corrected chi connectivity index (χ4v) is 3.51. The molecule has 10 nitrogen and oxygen atoms in total. The van der Waals surface area contributed by atoms with Crippen LogP contribution in [-0.2, 0) is 0 Å². The molecule has 2 aromatic carbocycles. The van der Waals surface area contributed by atoms with Crippen molar-refractivity contribution >= 4 is 57.6 Å². The van der Waals surface area contributed by atoms with Crippen LogP contribution in [0.1, 0.15) is 23.2 Å². The third-order valence-corrected chi connectivity index (χ3v) is 5.04. The van der Waals surface area contributed by atoms with Gasteiger partial charge in [0.05, 0.1) is 20.6 Å². The lowest BCUT2D eigenvalue weighted by atomic mass is 10.1. The molecule has 12 heteroatoms. The van der Waals surface area contributed by atoms with Crippen molar-refractivity contribution in [2.24, 2.45) is 0 Å². The van der Waals surface area contributed by atoms with Crippen LogP contribution in [0.4, 0.5) is 22.7 Å². The number of anilines is 2. The van der Waals surface area contributed by atoms with Crippen molar-refractivity contribution in [3.63, 3.8) is 0 Å². The molecule has 1 aliphatic rings. The third kappa shape index (κ3) is 4.81. The number of nitro groups is 2. The van der Waals surface area contributed by atoms with Gasteiger partial charge in [-0.2, -0.15) is 0 Å². The summed E-state index contributed by atoms with van der Waals surface area (Å²) < 4.78 is 0. The molecule has 3 rings (SSSR count). The smallest absolute Gasteiger partial charge is 0.293 e.